The zero-order valence-corrected chi connectivity index (χ0v) is 12.6. The maximum absolute atomic E-state index is 5.58. The second-order valence-electron chi connectivity index (χ2n) is 5.48. The minimum Gasteiger partial charge on any atom is -0.380 e. The Bertz CT molecular complexity index is 191. The first-order valence-corrected chi connectivity index (χ1v) is 7.81. The molecule has 3 heteroatoms. The number of piperidine rings is 1. The summed E-state index contributed by atoms with van der Waals surface area (Å²) >= 11 is 0. The van der Waals surface area contributed by atoms with Crippen LogP contribution in [0.5, 0.6) is 0 Å². The predicted molar refractivity (Wildman–Crippen MR) is 78.0 cm³/mol. The van der Waals surface area contributed by atoms with Gasteiger partial charge in [-0.3, -0.25) is 0 Å². The van der Waals surface area contributed by atoms with Crippen molar-refractivity contribution in [2.24, 2.45) is 5.92 Å². The average Bonchev–Trinajstić information content (AvgIpc) is 2.42. The largest absolute Gasteiger partial charge is 0.380 e. The first kappa shape index (κ1) is 15.9. The van der Waals surface area contributed by atoms with Gasteiger partial charge in [0.15, 0.2) is 0 Å². The number of ether oxygens (including phenoxy) is 1. The highest BCUT2D eigenvalue weighted by Gasteiger charge is 2.22. The van der Waals surface area contributed by atoms with E-state index in [1.807, 2.05) is 0 Å². The minimum atomic E-state index is 0.638. The van der Waals surface area contributed by atoms with Crippen molar-refractivity contribution < 1.29 is 4.74 Å². The van der Waals surface area contributed by atoms with E-state index in [1.165, 1.54) is 45.3 Å². The third-order valence-electron chi connectivity index (χ3n) is 4.14. The van der Waals surface area contributed by atoms with E-state index in [2.05, 4.69) is 31.0 Å². The van der Waals surface area contributed by atoms with Gasteiger partial charge in [-0.2, -0.15) is 0 Å². The van der Waals surface area contributed by atoms with Crippen LogP contribution >= 0.6 is 0 Å². The molecule has 18 heavy (non-hydrogen) atoms. The van der Waals surface area contributed by atoms with Crippen LogP contribution < -0.4 is 5.32 Å². The zero-order chi connectivity index (χ0) is 13.2. The fourth-order valence-electron chi connectivity index (χ4n) is 2.64. The van der Waals surface area contributed by atoms with E-state index < -0.39 is 0 Å². The van der Waals surface area contributed by atoms with E-state index in [-0.39, 0.29) is 0 Å². The second-order valence-corrected chi connectivity index (χ2v) is 5.48. The van der Waals surface area contributed by atoms with Gasteiger partial charge in [0.25, 0.3) is 0 Å². The standard InChI is InChI=1S/C15H32N2O/c1-4-6-12-18-13-9-16-14(3)15-7-10-17(5-2)11-8-15/h14-16H,4-13H2,1-3H3. The van der Waals surface area contributed by atoms with Gasteiger partial charge in [-0.05, 0) is 51.7 Å². The van der Waals surface area contributed by atoms with Crippen molar-refractivity contribution in [2.45, 2.75) is 52.5 Å². The first-order chi connectivity index (χ1) is 8.77. The molecule has 1 unspecified atom stereocenters. The molecule has 0 bridgehead atoms. The molecule has 0 aromatic rings. The van der Waals surface area contributed by atoms with E-state index in [0.717, 1.165) is 25.7 Å². The summed E-state index contributed by atoms with van der Waals surface area (Å²) in [6, 6.07) is 0.638. The molecule has 1 rings (SSSR count). The number of hydrogen-bond acceptors (Lipinski definition) is 3. The Labute approximate surface area is 113 Å². The SMILES string of the molecule is CCCCOCCNC(C)C1CCN(CC)CC1. The number of rotatable bonds is 9. The van der Waals surface area contributed by atoms with Crippen molar-refractivity contribution in [3.8, 4) is 0 Å². The van der Waals surface area contributed by atoms with E-state index in [4.69, 9.17) is 4.74 Å². The van der Waals surface area contributed by atoms with Crippen LogP contribution in [0.15, 0.2) is 0 Å². The third-order valence-corrected chi connectivity index (χ3v) is 4.14. The van der Waals surface area contributed by atoms with E-state index in [9.17, 15) is 0 Å². The Morgan fingerprint density at radius 1 is 1.22 bits per heavy atom. The van der Waals surface area contributed by atoms with Crippen LogP contribution in [0.25, 0.3) is 0 Å². The minimum absolute atomic E-state index is 0.638. The number of nitrogens with one attached hydrogen (secondary N) is 1. The lowest BCUT2D eigenvalue weighted by molar-refractivity contribution is 0.123. The monoisotopic (exact) mass is 256 g/mol. The molecule has 3 nitrogen and oxygen atoms in total. The molecule has 0 amide bonds. The van der Waals surface area contributed by atoms with Gasteiger partial charge >= 0.3 is 0 Å². The van der Waals surface area contributed by atoms with Crippen molar-refractivity contribution in [2.75, 3.05) is 39.4 Å². The van der Waals surface area contributed by atoms with Gasteiger partial charge in [-0.25, -0.2) is 0 Å². The molecule has 0 aromatic carbocycles. The van der Waals surface area contributed by atoms with Crippen molar-refractivity contribution >= 4 is 0 Å². The Balaban J connectivity index is 2.01. The van der Waals surface area contributed by atoms with Crippen molar-refractivity contribution in [1.29, 1.82) is 0 Å². The third kappa shape index (κ3) is 6.17. The normalized spacial score (nSPS) is 20.2. The number of likely N-dealkylation sites (tertiary alicyclic amines) is 1. The molecule has 0 spiro atoms. The Kier molecular flexibility index (Phi) is 8.64. The Hall–Kier alpha value is -0.120. The summed E-state index contributed by atoms with van der Waals surface area (Å²) in [5, 5.41) is 3.62. The van der Waals surface area contributed by atoms with Gasteiger partial charge < -0.3 is 15.0 Å². The molecule has 1 saturated heterocycles. The number of hydrogen-bond donors (Lipinski definition) is 1. The molecule has 1 heterocycles. The highest BCUT2D eigenvalue weighted by molar-refractivity contribution is 4.78. The lowest BCUT2D eigenvalue weighted by atomic mass is 9.90. The van der Waals surface area contributed by atoms with Crippen molar-refractivity contribution in [3.05, 3.63) is 0 Å². The maximum atomic E-state index is 5.58. The first-order valence-electron chi connectivity index (χ1n) is 7.81. The summed E-state index contributed by atoms with van der Waals surface area (Å²) in [6.07, 6.45) is 5.10. The van der Waals surface area contributed by atoms with Gasteiger partial charge in [0.1, 0.15) is 0 Å². The quantitative estimate of drug-likeness (QED) is 0.642. The summed E-state index contributed by atoms with van der Waals surface area (Å²) in [7, 11) is 0. The molecule has 1 aliphatic rings. The Morgan fingerprint density at radius 2 is 1.94 bits per heavy atom. The molecule has 0 aromatic heterocycles. The van der Waals surface area contributed by atoms with Gasteiger partial charge in [0, 0.05) is 19.2 Å². The lowest BCUT2D eigenvalue weighted by Crippen LogP contribution is -2.42. The topological polar surface area (TPSA) is 24.5 Å². The van der Waals surface area contributed by atoms with Crippen LogP contribution in [0.1, 0.15) is 46.5 Å². The number of unbranched alkanes of at least 4 members (excludes halogenated alkanes) is 1. The van der Waals surface area contributed by atoms with Crippen molar-refractivity contribution in [1.82, 2.24) is 10.2 Å². The van der Waals surface area contributed by atoms with E-state index in [0.29, 0.717) is 6.04 Å². The molecule has 1 fully saturated rings. The van der Waals surface area contributed by atoms with Gasteiger partial charge in [0.05, 0.1) is 6.61 Å². The van der Waals surface area contributed by atoms with Crippen LogP contribution in [0.2, 0.25) is 0 Å². The van der Waals surface area contributed by atoms with Crippen LogP contribution in [0, 0.1) is 5.92 Å². The van der Waals surface area contributed by atoms with Crippen LogP contribution in [0.3, 0.4) is 0 Å². The van der Waals surface area contributed by atoms with Gasteiger partial charge in [0.2, 0.25) is 0 Å². The smallest absolute Gasteiger partial charge is 0.0590 e. The van der Waals surface area contributed by atoms with E-state index in [1.54, 1.807) is 0 Å². The summed E-state index contributed by atoms with van der Waals surface area (Å²) in [5.41, 5.74) is 0. The van der Waals surface area contributed by atoms with Crippen LogP contribution in [0.4, 0.5) is 0 Å². The summed E-state index contributed by atoms with van der Waals surface area (Å²) in [5.74, 6) is 0.850. The highest BCUT2D eigenvalue weighted by atomic mass is 16.5. The molecule has 0 radical (unpaired) electrons. The van der Waals surface area contributed by atoms with Crippen LogP contribution in [-0.4, -0.2) is 50.3 Å². The molecular formula is C15H32N2O. The van der Waals surface area contributed by atoms with Gasteiger partial charge in [-0.15, -0.1) is 0 Å². The summed E-state index contributed by atoms with van der Waals surface area (Å²) in [4.78, 5) is 2.55. The average molecular weight is 256 g/mol. The molecule has 0 saturated carbocycles. The molecule has 1 aliphatic heterocycles. The Morgan fingerprint density at radius 3 is 2.56 bits per heavy atom. The summed E-state index contributed by atoms with van der Waals surface area (Å²) in [6.45, 7) is 13.3. The predicted octanol–water partition coefficient (Wildman–Crippen LogP) is 2.51. The van der Waals surface area contributed by atoms with E-state index >= 15 is 0 Å². The maximum Gasteiger partial charge on any atom is 0.0590 e. The molecule has 1 atom stereocenters. The molecule has 1 N–H and O–H groups in total. The number of nitrogens with zero attached hydrogens (tertiary/aromatic N) is 1. The fourth-order valence-corrected chi connectivity index (χ4v) is 2.64. The molecular weight excluding hydrogens is 224 g/mol. The lowest BCUT2D eigenvalue weighted by Gasteiger charge is -2.34. The zero-order valence-electron chi connectivity index (χ0n) is 12.6. The summed E-state index contributed by atoms with van der Waals surface area (Å²) < 4.78 is 5.58. The van der Waals surface area contributed by atoms with Gasteiger partial charge in [-0.1, -0.05) is 20.3 Å². The fraction of sp³-hybridized carbons (Fsp3) is 1.00. The van der Waals surface area contributed by atoms with Crippen LogP contribution in [-0.2, 0) is 4.74 Å². The molecule has 0 aliphatic carbocycles. The second kappa shape index (κ2) is 9.76. The molecule has 108 valence electrons. The highest BCUT2D eigenvalue weighted by Crippen LogP contribution is 2.20. The van der Waals surface area contributed by atoms with Crippen molar-refractivity contribution in [3.63, 3.8) is 0 Å².